The smallest absolute Gasteiger partial charge is 0.175 e. The molecule has 5 heteroatoms. The predicted octanol–water partition coefficient (Wildman–Crippen LogP) is 4.36. The van der Waals surface area contributed by atoms with Crippen molar-refractivity contribution in [2.45, 2.75) is 5.92 Å². The Bertz CT molecular complexity index is 927. The molecule has 1 unspecified atom stereocenters. The maximum absolute atomic E-state index is 14.0. The lowest BCUT2D eigenvalue weighted by molar-refractivity contribution is 0.0962. The Labute approximate surface area is 144 Å². The Morgan fingerprint density at radius 1 is 1.08 bits per heavy atom. The van der Waals surface area contributed by atoms with Crippen LogP contribution < -0.4 is 10.6 Å². The molecule has 0 amide bonds. The third-order valence-electron chi connectivity index (χ3n) is 4.28. The van der Waals surface area contributed by atoms with Crippen LogP contribution in [0.2, 0.25) is 0 Å². The van der Waals surface area contributed by atoms with Gasteiger partial charge < -0.3 is 10.6 Å². The second-order valence-electron chi connectivity index (χ2n) is 5.93. The summed E-state index contributed by atoms with van der Waals surface area (Å²) in [6.07, 6.45) is 1.72. The first-order chi connectivity index (χ1) is 12.2. The summed E-state index contributed by atoms with van der Waals surface area (Å²) in [5.41, 5.74) is 2.63. The van der Waals surface area contributed by atoms with E-state index in [0.717, 1.165) is 16.9 Å². The molecule has 0 saturated carbocycles. The Kier molecular flexibility index (Phi) is 3.90. The molecule has 2 aromatic carbocycles. The molecule has 0 aliphatic carbocycles. The van der Waals surface area contributed by atoms with Crippen LogP contribution in [-0.4, -0.2) is 17.3 Å². The number of ketones is 1. The van der Waals surface area contributed by atoms with Crippen LogP contribution in [0, 0.1) is 5.82 Å². The van der Waals surface area contributed by atoms with E-state index in [1.807, 2.05) is 36.4 Å². The molecule has 4 rings (SSSR count). The van der Waals surface area contributed by atoms with Gasteiger partial charge in [0.15, 0.2) is 5.78 Å². The Morgan fingerprint density at radius 3 is 2.64 bits per heavy atom. The average molecular weight is 333 g/mol. The molecular formula is C20H16FN3O. The molecule has 0 radical (unpaired) electrons. The molecule has 1 aromatic heterocycles. The number of pyridine rings is 1. The second-order valence-corrected chi connectivity index (χ2v) is 5.93. The van der Waals surface area contributed by atoms with E-state index in [0.29, 0.717) is 12.4 Å². The van der Waals surface area contributed by atoms with Gasteiger partial charge in [0.2, 0.25) is 0 Å². The van der Waals surface area contributed by atoms with Crippen molar-refractivity contribution in [2.24, 2.45) is 0 Å². The van der Waals surface area contributed by atoms with Crippen molar-refractivity contribution >= 4 is 23.0 Å². The summed E-state index contributed by atoms with van der Waals surface area (Å²) in [4.78, 5) is 17.2. The Hall–Kier alpha value is -3.21. The van der Waals surface area contributed by atoms with Gasteiger partial charge in [-0.1, -0.05) is 30.3 Å². The summed E-state index contributed by atoms with van der Waals surface area (Å²) in [6, 6.07) is 17.7. The van der Waals surface area contributed by atoms with Crippen LogP contribution in [0.4, 0.5) is 21.6 Å². The van der Waals surface area contributed by atoms with E-state index in [9.17, 15) is 9.18 Å². The molecule has 1 atom stereocenters. The van der Waals surface area contributed by atoms with Gasteiger partial charge in [-0.25, -0.2) is 9.37 Å². The van der Waals surface area contributed by atoms with Crippen molar-refractivity contribution in [3.05, 3.63) is 83.8 Å². The molecule has 0 fully saturated rings. The van der Waals surface area contributed by atoms with Crippen LogP contribution in [-0.2, 0) is 0 Å². The van der Waals surface area contributed by atoms with Crippen molar-refractivity contribution in [1.82, 2.24) is 4.98 Å². The highest BCUT2D eigenvalue weighted by atomic mass is 19.1. The van der Waals surface area contributed by atoms with Gasteiger partial charge in [-0.3, -0.25) is 4.79 Å². The van der Waals surface area contributed by atoms with Gasteiger partial charge in [0, 0.05) is 17.8 Å². The highest BCUT2D eigenvalue weighted by Crippen LogP contribution is 2.34. The molecule has 1 aliphatic heterocycles. The monoisotopic (exact) mass is 333 g/mol. The highest BCUT2D eigenvalue weighted by Gasteiger charge is 2.31. The summed E-state index contributed by atoms with van der Waals surface area (Å²) in [5.74, 6) is -0.499. The van der Waals surface area contributed by atoms with Gasteiger partial charge in [-0.15, -0.1) is 0 Å². The molecule has 1 aliphatic rings. The lowest BCUT2D eigenvalue weighted by atomic mass is 9.93. The number of para-hydroxylation sites is 1. The van der Waals surface area contributed by atoms with Crippen molar-refractivity contribution in [3.63, 3.8) is 0 Å². The van der Waals surface area contributed by atoms with Crippen LogP contribution in [0.5, 0.6) is 0 Å². The summed E-state index contributed by atoms with van der Waals surface area (Å²) >= 11 is 0. The number of carbonyl (C=O) groups excluding carboxylic acids is 1. The van der Waals surface area contributed by atoms with Gasteiger partial charge in [0.25, 0.3) is 0 Å². The molecule has 0 spiro atoms. The van der Waals surface area contributed by atoms with E-state index in [1.54, 1.807) is 18.3 Å². The summed E-state index contributed by atoms with van der Waals surface area (Å²) in [5, 5.41) is 6.40. The number of hydrogen-bond acceptors (Lipinski definition) is 4. The maximum Gasteiger partial charge on any atom is 0.175 e. The zero-order valence-corrected chi connectivity index (χ0v) is 13.4. The number of fused-ring (bicyclic) bond motifs is 1. The van der Waals surface area contributed by atoms with E-state index >= 15 is 0 Å². The highest BCUT2D eigenvalue weighted by molar-refractivity contribution is 6.03. The van der Waals surface area contributed by atoms with Crippen LogP contribution in [0.25, 0.3) is 0 Å². The van der Waals surface area contributed by atoms with Crippen LogP contribution >= 0.6 is 0 Å². The molecule has 25 heavy (non-hydrogen) atoms. The molecule has 0 bridgehead atoms. The topological polar surface area (TPSA) is 54.0 Å². The molecule has 2 N–H and O–H groups in total. The van der Waals surface area contributed by atoms with Gasteiger partial charge >= 0.3 is 0 Å². The number of carbonyl (C=O) groups is 1. The predicted molar refractivity (Wildman–Crippen MR) is 95.9 cm³/mol. The third-order valence-corrected chi connectivity index (χ3v) is 4.28. The SMILES string of the molecule is O=C(c1ccccc1F)C1CNc2ncc(Nc3ccccc3)cc21. The van der Waals surface area contributed by atoms with E-state index in [-0.39, 0.29) is 11.3 Å². The molecular weight excluding hydrogens is 317 g/mol. The number of Topliss-reactive ketones (excluding diaryl/α,β-unsaturated/α-hetero) is 1. The van der Waals surface area contributed by atoms with Gasteiger partial charge in [0.1, 0.15) is 11.6 Å². The van der Waals surface area contributed by atoms with Gasteiger partial charge in [-0.2, -0.15) is 0 Å². The van der Waals surface area contributed by atoms with E-state index in [1.165, 1.54) is 12.1 Å². The Morgan fingerprint density at radius 2 is 1.84 bits per heavy atom. The Balaban J connectivity index is 1.64. The zero-order valence-electron chi connectivity index (χ0n) is 13.4. The average Bonchev–Trinajstić information content (AvgIpc) is 3.06. The summed E-state index contributed by atoms with van der Waals surface area (Å²) in [7, 11) is 0. The zero-order chi connectivity index (χ0) is 17.2. The number of nitrogens with zero attached hydrogens (tertiary/aromatic N) is 1. The minimum atomic E-state index is -0.493. The second kappa shape index (κ2) is 6.36. The van der Waals surface area contributed by atoms with Crippen LogP contribution in [0.15, 0.2) is 66.9 Å². The molecule has 124 valence electrons. The van der Waals surface area contributed by atoms with Crippen molar-refractivity contribution in [3.8, 4) is 0 Å². The standard InChI is InChI=1S/C20H16FN3O/c21-18-9-5-4-8-15(18)19(25)17-12-23-20-16(17)10-14(11-22-20)24-13-6-2-1-3-7-13/h1-11,17,24H,12H2,(H,22,23). The van der Waals surface area contributed by atoms with Crippen LogP contribution in [0.1, 0.15) is 21.8 Å². The minimum Gasteiger partial charge on any atom is -0.369 e. The minimum absolute atomic E-state index is 0.114. The first-order valence-electron chi connectivity index (χ1n) is 8.07. The van der Waals surface area contributed by atoms with Crippen molar-refractivity contribution < 1.29 is 9.18 Å². The van der Waals surface area contributed by atoms with Crippen molar-refractivity contribution in [1.29, 1.82) is 0 Å². The number of halogens is 1. The normalized spacial score (nSPS) is 15.3. The molecule has 3 aromatic rings. The van der Waals surface area contributed by atoms with Gasteiger partial charge in [0.05, 0.1) is 23.4 Å². The fourth-order valence-electron chi connectivity index (χ4n) is 3.04. The first-order valence-corrected chi connectivity index (χ1v) is 8.07. The third kappa shape index (κ3) is 2.96. The number of hydrogen-bond donors (Lipinski definition) is 2. The molecule has 0 saturated heterocycles. The number of benzene rings is 2. The van der Waals surface area contributed by atoms with Crippen LogP contribution in [0.3, 0.4) is 0 Å². The number of aromatic nitrogens is 1. The fraction of sp³-hybridized carbons (Fsp3) is 0.100. The molecule has 4 nitrogen and oxygen atoms in total. The summed E-state index contributed by atoms with van der Waals surface area (Å²) < 4.78 is 14.0. The fourth-order valence-corrected chi connectivity index (χ4v) is 3.04. The first kappa shape index (κ1) is 15.3. The van der Waals surface area contributed by atoms with E-state index < -0.39 is 11.7 Å². The lowest BCUT2D eigenvalue weighted by Crippen LogP contribution is -2.16. The van der Waals surface area contributed by atoms with Gasteiger partial charge in [-0.05, 0) is 30.3 Å². The lowest BCUT2D eigenvalue weighted by Gasteiger charge is -2.12. The molecule has 2 heterocycles. The number of rotatable bonds is 4. The summed E-state index contributed by atoms with van der Waals surface area (Å²) in [6.45, 7) is 0.421. The van der Waals surface area contributed by atoms with E-state index in [4.69, 9.17) is 0 Å². The van der Waals surface area contributed by atoms with E-state index in [2.05, 4.69) is 15.6 Å². The maximum atomic E-state index is 14.0. The number of anilines is 3. The largest absolute Gasteiger partial charge is 0.369 e. The quantitative estimate of drug-likeness (QED) is 0.697. The van der Waals surface area contributed by atoms with Crippen molar-refractivity contribution in [2.75, 3.05) is 17.2 Å². The number of nitrogens with one attached hydrogen (secondary N) is 2.